The maximum absolute atomic E-state index is 11.4. The Labute approximate surface area is 158 Å². The van der Waals surface area contributed by atoms with Crippen LogP contribution in [0, 0.1) is 0 Å². The van der Waals surface area contributed by atoms with E-state index < -0.39 is 24.0 Å². The van der Waals surface area contributed by atoms with Crippen LogP contribution in [0.15, 0.2) is 36.5 Å². The van der Waals surface area contributed by atoms with Gasteiger partial charge < -0.3 is 28.4 Å². The molecule has 0 aliphatic rings. The lowest BCUT2D eigenvalue weighted by Crippen LogP contribution is -2.29. The zero-order valence-corrected chi connectivity index (χ0v) is 15.9. The highest BCUT2D eigenvalue weighted by atomic mass is 16.6. The van der Waals surface area contributed by atoms with Gasteiger partial charge in [-0.05, 0) is 0 Å². The first kappa shape index (κ1) is 24.5. The van der Waals surface area contributed by atoms with Gasteiger partial charge in [-0.15, -0.1) is 0 Å². The maximum atomic E-state index is 11.4. The molecule has 0 unspecified atom stereocenters. The van der Waals surface area contributed by atoms with Crippen LogP contribution in [0.25, 0.3) is 0 Å². The molecule has 152 valence electrons. The summed E-state index contributed by atoms with van der Waals surface area (Å²) >= 11 is 0. The smallest absolute Gasteiger partial charge is 0.335 e. The van der Waals surface area contributed by atoms with E-state index in [1.807, 2.05) is 0 Å². The lowest BCUT2D eigenvalue weighted by molar-refractivity contribution is -0.139. The standard InChI is InChI=1S/C18H26O9/c1-12(16(19)22-4)7-25-10-15(27-9-14(3)18(21)24-6)11-26-8-13(2)17(20)23-5/h15H,1-3,7-11H2,4-6H3. The average Bonchev–Trinajstić information content (AvgIpc) is 2.68. The molecule has 27 heavy (non-hydrogen) atoms. The van der Waals surface area contributed by atoms with Gasteiger partial charge in [-0.2, -0.15) is 0 Å². The summed E-state index contributed by atoms with van der Waals surface area (Å²) in [5.41, 5.74) is 0.380. The largest absolute Gasteiger partial charge is 0.466 e. The minimum Gasteiger partial charge on any atom is -0.466 e. The predicted octanol–water partition coefficient (Wildman–Crippen LogP) is 0.592. The van der Waals surface area contributed by atoms with E-state index in [4.69, 9.17) is 14.2 Å². The Balaban J connectivity index is 4.55. The molecule has 0 saturated carbocycles. The minimum atomic E-state index is -0.623. The quantitative estimate of drug-likeness (QED) is 0.241. The Bertz CT molecular complexity index is 531. The van der Waals surface area contributed by atoms with Crippen molar-refractivity contribution in [2.45, 2.75) is 6.10 Å². The zero-order chi connectivity index (χ0) is 20.8. The molecule has 0 aromatic heterocycles. The molecule has 0 rings (SSSR count). The molecular weight excluding hydrogens is 360 g/mol. The van der Waals surface area contributed by atoms with Gasteiger partial charge in [0.05, 0.1) is 71.1 Å². The Hall–Kier alpha value is -2.49. The van der Waals surface area contributed by atoms with Crippen molar-refractivity contribution in [3.05, 3.63) is 36.5 Å². The second-order valence-electron chi connectivity index (χ2n) is 5.25. The third-order valence-electron chi connectivity index (χ3n) is 3.08. The van der Waals surface area contributed by atoms with Crippen LogP contribution in [0.1, 0.15) is 0 Å². The fraction of sp³-hybridized carbons (Fsp3) is 0.500. The number of ether oxygens (including phenoxy) is 6. The molecule has 0 amide bonds. The monoisotopic (exact) mass is 386 g/mol. The predicted molar refractivity (Wildman–Crippen MR) is 94.8 cm³/mol. The topological polar surface area (TPSA) is 107 Å². The van der Waals surface area contributed by atoms with Crippen LogP contribution in [-0.4, -0.2) is 78.4 Å². The van der Waals surface area contributed by atoms with Gasteiger partial charge in [0.1, 0.15) is 6.10 Å². The second kappa shape index (κ2) is 13.7. The van der Waals surface area contributed by atoms with Crippen LogP contribution in [0.4, 0.5) is 0 Å². The second-order valence-corrected chi connectivity index (χ2v) is 5.25. The zero-order valence-electron chi connectivity index (χ0n) is 15.9. The van der Waals surface area contributed by atoms with E-state index in [1.165, 1.54) is 21.3 Å². The van der Waals surface area contributed by atoms with E-state index in [0.717, 1.165) is 0 Å². The fourth-order valence-electron chi connectivity index (χ4n) is 1.60. The van der Waals surface area contributed by atoms with Crippen LogP contribution in [0.3, 0.4) is 0 Å². The Morgan fingerprint density at radius 2 is 1.00 bits per heavy atom. The van der Waals surface area contributed by atoms with Crippen molar-refractivity contribution in [3.63, 3.8) is 0 Å². The average molecular weight is 386 g/mol. The molecule has 9 nitrogen and oxygen atoms in total. The number of rotatable bonds is 14. The van der Waals surface area contributed by atoms with Gasteiger partial charge in [0.25, 0.3) is 0 Å². The van der Waals surface area contributed by atoms with Crippen LogP contribution in [-0.2, 0) is 42.8 Å². The molecule has 0 atom stereocenters. The molecule has 0 radical (unpaired) electrons. The first-order valence-electron chi connectivity index (χ1n) is 7.82. The van der Waals surface area contributed by atoms with Crippen molar-refractivity contribution in [1.29, 1.82) is 0 Å². The summed E-state index contributed by atoms with van der Waals surface area (Å²) < 4.78 is 29.8. The van der Waals surface area contributed by atoms with Crippen molar-refractivity contribution >= 4 is 17.9 Å². The molecule has 0 aromatic carbocycles. The summed E-state index contributed by atoms with van der Waals surface area (Å²) in [4.78, 5) is 33.9. The highest BCUT2D eigenvalue weighted by Gasteiger charge is 2.16. The minimum absolute atomic E-state index is 0.0230. The molecule has 0 fully saturated rings. The molecule has 0 aliphatic carbocycles. The summed E-state index contributed by atoms with van der Waals surface area (Å²) in [5.74, 6) is -1.77. The van der Waals surface area contributed by atoms with Crippen LogP contribution in [0.2, 0.25) is 0 Å². The first-order valence-corrected chi connectivity index (χ1v) is 7.82. The van der Waals surface area contributed by atoms with Crippen molar-refractivity contribution in [3.8, 4) is 0 Å². The van der Waals surface area contributed by atoms with E-state index >= 15 is 0 Å². The van der Waals surface area contributed by atoms with E-state index in [9.17, 15) is 14.4 Å². The van der Waals surface area contributed by atoms with Crippen LogP contribution < -0.4 is 0 Å². The highest BCUT2D eigenvalue weighted by molar-refractivity contribution is 5.88. The Morgan fingerprint density at radius 3 is 1.33 bits per heavy atom. The van der Waals surface area contributed by atoms with Gasteiger partial charge in [0.2, 0.25) is 0 Å². The summed E-state index contributed by atoms with van der Waals surface area (Å²) in [5, 5.41) is 0. The molecule has 0 saturated heterocycles. The molecule has 0 spiro atoms. The van der Waals surface area contributed by atoms with Gasteiger partial charge in [-0.25, -0.2) is 14.4 Å². The third kappa shape index (κ3) is 10.3. The maximum Gasteiger partial charge on any atom is 0.335 e. The van der Waals surface area contributed by atoms with E-state index in [2.05, 4.69) is 33.9 Å². The van der Waals surface area contributed by atoms with Gasteiger partial charge in [-0.1, -0.05) is 19.7 Å². The lowest BCUT2D eigenvalue weighted by atomic mass is 10.3. The third-order valence-corrected chi connectivity index (χ3v) is 3.08. The Kier molecular flexibility index (Phi) is 12.4. The normalized spacial score (nSPS) is 10.2. The van der Waals surface area contributed by atoms with Crippen molar-refractivity contribution < 1.29 is 42.8 Å². The fourth-order valence-corrected chi connectivity index (χ4v) is 1.60. The Morgan fingerprint density at radius 1 is 0.667 bits per heavy atom. The van der Waals surface area contributed by atoms with Gasteiger partial charge in [-0.3, -0.25) is 0 Å². The number of methoxy groups -OCH3 is 3. The number of hydrogen-bond acceptors (Lipinski definition) is 9. The van der Waals surface area contributed by atoms with Gasteiger partial charge >= 0.3 is 17.9 Å². The summed E-state index contributed by atoms with van der Waals surface area (Å²) in [6, 6.07) is 0. The SMILES string of the molecule is C=C(COCC(COCC(=C)C(=O)OC)OCC(=C)C(=O)OC)C(=O)OC. The van der Waals surface area contributed by atoms with Gasteiger partial charge in [0, 0.05) is 0 Å². The first-order chi connectivity index (χ1) is 12.8. The molecule has 0 aromatic rings. The molecule has 0 aliphatic heterocycles. The van der Waals surface area contributed by atoms with E-state index in [1.54, 1.807) is 0 Å². The van der Waals surface area contributed by atoms with Crippen molar-refractivity contribution in [2.75, 3.05) is 54.4 Å². The van der Waals surface area contributed by atoms with Crippen LogP contribution in [0.5, 0.6) is 0 Å². The molecule has 0 heterocycles. The number of hydrogen-bond donors (Lipinski definition) is 0. The lowest BCUT2D eigenvalue weighted by Gasteiger charge is -2.19. The van der Waals surface area contributed by atoms with Gasteiger partial charge in [0.15, 0.2) is 0 Å². The summed E-state index contributed by atoms with van der Waals surface area (Å²) in [7, 11) is 3.70. The molecule has 0 bridgehead atoms. The number of carbonyl (C=O) groups is 3. The number of carbonyl (C=O) groups excluding carboxylic acids is 3. The number of esters is 3. The van der Waals surface area contributed by atoms with Crippen molar-refractivity contribution in [1.82, 2.24) is 0 Å². The molecular formula is C18H26O9. The van der Waals surface area contributed by atoms with Crippen molar-refractivity contribution in [2.24, 2.45) is 0 Å². The highest BCUT2D eigenvalue weighted by Crippen LogP contribution is 2.04. The van der Waals surface area contributed by atoms with Crippen LogP contribution >= 0.6 is 0 Å². The molecule has 9 heteroatoms. The summed E-state index contributed by atoms with van der Waals surface area (Å²) in [6.45, 7) is 10.4. The van der Waals surface area contributed by atoms with E-state index in [0.29, 0.717) is 0 Å². The van der Waals surface area contributed by atoms with E-state index in [-0.39, 0.29) is 49.8 Å². The molecule has 0 N–H and O–H groups in total. The summed E-state index contributed by atoms with van der Waals surface area (Å²) in [6.07, 6.45) is -0.623.